The molecule has 0 fully saturated rings. The fourth-order valence-corrected chi connectivity index (χ4v) is 3.42. The zero-order valence-electron chi connectivity index (χ0n) is 22.3. The van der Waals surface area contributed by atoms with Crippen LogP contribution in [0.2, 0.25) is 0 Å². The number of nitrogens with zero attached hydrogens (tertiary/aromatic N) is 1. The molecule has 3 atom stereocenters. The van der Waals surface area contributed by atoms with Gasteiger partial charge in [-0.05, 0) is 38.0 Å². The average molecular weight is 557 g/mol. The van der Waals surface area contributed by atoms with Crippen LogP contribution in [0.25, 0.3) is 0 Å². The molecule has 0 bridgehead atoms. The normalized spacial score (nSPS) is 13.6. The number of methoxy groups -OCH3 is 1. The van der Waals surface area contributed by atoms with Gasteiger partial charge >= 0.3 is 18.1 Å². The maximum Gasteiger partial charge on any atom is 0.416 e. The highest BCUT2D eigenvalue weighted by Gasteiger charge is 2.33. The molecule has 0 aliphatic heterocycles. The number of nitrogens with one attached hydrogen (secondary N) is 1. The van der Waals surface area contributed by atoms with Crippen molar-refractivity contribution in [3.05, 3.63) is 47.8 Å². The summed E-state index contributed by atoms with van der Waals surface area (Å²) in [5.41, 5.74) is -1.10. The highest BCUT2D eigenvalue weighted by atomic mass is 19.4. The van der Waals surface area contributed by atoms with Crippen LogP contribution >= 0.6 is 0 Å². The second-order valence-electron chi connectivity index (χ2n) is 8.78. The third kappa shape index (κ3) is 9.04. The second-order valence-corrected chi connectivity index (χ2v) is 8.78. The summed E-state index contributed by atoms with van der Waals surface area (Å²) in [4.78, 5) is 40.7. The summed E-state index contributed by atoms with van der Waals surface area (Å²) in [6, 6.07) is 4.67. The summed E-state index contributed by atoms with van der Waals surface area (Å²) >= 11 is 0. The topological polar surface area (TPSA) is 122 Å². The van der Waals surface area contributed by atoms with Crippen molar-refractivity contribution in [2.45, 2.75) is 59.0 Å². The Morgan fingerprint density at radius 3 is 2.36 bits per heavy atom. The van der Waals surface area contributed by atoms with E-state index in [1.54, 1.807) is 13.8 Å². The van der Waals surface area contributed by atoms with Crippen LogP contribution in [0.15, 0.2) is 36.5 Å². The number of amides is 1. The minimum Gasteiger partial charge on any atom is -0.493 e. The number of carbonyl (C=O) groups excluding carboxylic acids is 3. The van der Waals surface area contributed by atoms with Crippen molar-refractivity contribution in [2.75, 3.05) is 13.9 Å². The van der Waals surface area contributed by atoms with Crippen LogP contribution in [-0.4, -0.2) is 55.0 Å². The molecule has 214 valence electrons. The van der Waals surface area contributed by atoms with Crippen LogP contribution in [0.3, 0.4) is 0 Å². The van der Waals surface area contributed by atoms with Crippen molar-refractivity contribution in [2.24, 2.45) is 5.92 Å². The van der Waals surface area contributed by atoms with Crippen molar-refractivity contribution < 1.29 is 51.2 Å². The third-order valence-corrected chi connectivity index (χ3v) is 5.33. The lowest BCUT2D eigenvalue weighted by Crippen LogP contribution is -2.44. The molecule has 2 rings (SSSR count). The van der Waals surface area contributed by atoms with Crippen LogP contribution in [0.5, 0.6) is 17.2 Å². The predicted molar refractivity (Wildman–Crippen MR) is 131 cm³/mol. The van der Waals surface area contributed by atoms with Gasteiger partial charge in [0.05, 0.1) is 12.7 Å². The van der Waals surface area contributed by atoms with E-state index in [1.165, 1.54) is 52.3 Å². The lowest BCUT2D eigenvalue weighted by atomic mass is 10.0. The van der Waals surface area contributed by atoms with E-state index >= 15 is 0 Å². The minimum atomic E-state index is -4.54. The van der Waals surface area contributed by atoms with Gasteiger partial charge in [0, 0.05) is 19.2 Å². The summed E-state index contributed by atoms with van der Waals surface area (Å²) in [6.07, 6.45) is -4.93. The molecule has 39 heavy (non-hydrogen) atoms. The molecule has 0 unspecified atom stereocenters. The minimum absolute atomic E-state index is 0.0295. The first kappa shape index (κ1) is 31.2. The highest BCUT2D eigenvalue weighted by Crippen LogP contribution is 2.32. The van der Waals surface area contributed by atoms with Gasteiger partial charge in [-0.25, -0.2) is 9.78 Å². The van der Waals surface area contributed by atoms with E-state index in [9.17, 15) is 27.6 Å². The summed E-state index contributed by atoms with van der Waals surface area (Å²) in [6.45, 7) is 7.12. The maximum absolute atomic E-state index is 13.1. The molecule has 10 nitrogen and oxygen atoms in total. The van der Waals surface area contributed by atoms with Gasteiger partial charge in [0.25, 0.3) is 5.91 Å². The number of hydrogen-bond donors (Lipinski definition) is 1. The van der Waals surface area contributed by atoms with Crippen molar-refractivity contribution in [1.82, 2.24) is 10.3 Å². The first-order chi connectivity index (χ1) is 18.2. The Balaban J connectivity index is 2.10. The number of ether oxygens (including phenoxy) is 5. The number of alkyl halides is 3. The van der Waals surface area contributed by atoms with E-state index in [2.05, 4.69) is 10.3 Å². The van der Waals surface area contributed by atoms with E-state index in [1.807, 2.05) is 0 Å². The molecule has 13 heteroatoms. The van der Waals surface area contributed by atoms with Crippen molar-refractivity contribution in [1.29, 1.82) is 0 Å². The number of benzene rings is 1. The summed E-state index contributed by atoms with van der Waals surface area (Å²) in [5.74, 6) is -2.47. The van der Waals surface area contributed by atoms with Gasteiger partial charge < -0.3 is 29.0 Å². The second kappa shape index (κ2) is 13.7. The first-order valence-corrected chi connectivity index (χ1v) is 11.9. The summed E-state index contributed by atoms with van der Waals surface area (Å²) in [7, 11) is 1.34. The van der Waals surface area contributed by atoms with Gasteiger partial charge in [0.1, 0.15) is 24.0 Å². The molecular formula is C26H31F3N2O8. The predicted octanol–water partition coefficient (Wildman–Crippen LogP) is 4.16. The molecule has 1 aromatic carbocycles. The average Bonchev–Trinajstić information content (AvgIpc) is 2.86. The lowest BCUT2D eigenvalue weighted by molar-refractivity contribution is -0.156. The van der Waals surface area contributed by atoms with Crippen LogP contribution in [0.1, 0.15) is 50.7 Å². The van der Waals surface area contributed by atoms with Crippen LogP contribution in [0, 0.1) is 5.92 Å². The number of carbonyl (C=O) groups is 3. The largest absolute Gasteiger partial charge is 0.493 e. The zero-order chi connectivity index (χ0) is 29.3. The Hall–Kier alpha value is -4.03. The third-order valence-electron chi connectivity index (χ3n) is 5.33. The van der Waals surface area contributed by atoms with Gasteiger partial charge in [-0.3, -0.25) is 9.59 Å². The van der Waals surface area contributed by atoms with E-state index in [-0.39, 0.29) is 28.9 Å². The summed E-state index contributed by atoms with van der Waals surface area (Å²) < 4.78 is 65.7. The molecule has 1 heterocycles. The standard InChI is InChI=1S/C26H31F3N2O8/c1-14(2)22(39-19-9-7-8-18(12-19)26(27,28)29)16(4)38-25(34)15(3)31-24(33)21-23(37-13-36-17(5)32)20(35-6)10-11-30-21/h7-12,14-16,22H,13H2,1-6H3,(H,31,33)/t15-,16-,22-/m0/s1. The number of pyridine rings is 1. The number of halogens is 3. The molecule has 0 radical (unpaired) electrons. The Labute approximate surface area is 223 Å². The van der Waals surface area contributed by atoms with E-state index in [0.717, 1.165) is 12.1 Å². The molecule has 0 saturated carbocycles. The zero-order valence-corrected chi connectivity index (χ0v) is 22.3. The van der Waals surface area contributed by atoms with Crippen molar-refractivity contribution in [3.8, 4) is 17.2 Å². The molecule has 0 saturated heterocycles. The molecule has 1 N–H and O–H groups in total. The number of aromatic nitrogens is 1. The van der Waals surface area contributed by atoms with Crippen LogP contribution < -0.4 is 19.5 Å². The smallest absolute Gasteiger partial charge is 0.416 e. The van der Waals surface area contributed by atoms with Crippen molar-refractivity contribution >= 4 is 17.8 Å². The monoisotopic (exact) mass is 556 g/mol. The highest BCUT2D eigenvalue weighted by molar-refractivity contribution is 5.98. The van der Waals surface area contributed by atoms with Crippen molar-refractivity contribution in [3.63, 3.8) is 0 Å². The fraction of sp³-hybridized carbons (Fsp3) is 0.462. The van der Waals surface area contributed by atoms with Gasteiger partial charge in [-0.2, -0.15) is 13.2 Å². The number of rotatable bonds is 12. The van der Waals surface area contributed by atoms with E-state index < -0.39 is 54.6 Å². The van der Waals surface area contributed by atoms with Crippen LogP contribution in [-0.2, 0) is 25.2 Å². The quantitative estimate of drug-likeness (QED) is 0.303. The van der Waals surface area contributed by atoms with E-state index in [4.69, 9.17) is 23.7 Å². The molecule has 1 aromatic heterocycles. The van der Waals surface area contributed by atoms with Gasteiger partial charge in [-0.1, -0.05) is 19.9 Å². The Bertz CT molecular complexity index is 1160. The summed E-state index contributed by atoms with van der Waals surface area (Å²) in [5, 5.41) is 2.45. The molecule has 0 aliphatic carbocycles. The Morgan fingerprint density at radius 1 is 1.08 bits per heavy atom. The Morgan fingerprint density at radius 2 is 1.77 bits per heavy atom. The number of hydrogen-bond acceptors (Lipinski definition) is 9. The first-order valence-electron chi connectivity index (χ1n) is 11.9. The maximum atomic E-state index is 13.1. The number of esters is 2. The van der Waals surface area contributed by atoms with Gasteiger partial charge in [0.15, 0.2) is 17.2 Å². The SMILES string of the molecule is COc1ccnc(C(=O)N[C@@H](C)C(=O)O[C@@H](C)[C@@H](Oc2cccc(C(F)(F)F)c2)C(C)C)c1OCOC(C)=O. The molecule has 2 aromatic rings. The molecule has 1 amide bonds. The van der Waals surface area contributed by atoms with E-state index in [0.29, 0.717) is 0 Å². The molecular weight excluding hydrogens is 525 g/mol. The molecule has 0 aliphatic rings. The Kier molecular flexibility index (Phi) is 10.9. The lowest BCUT2D eigenvalue weighted by Gasteiger charge is -2.29. The van der Waals surface area contributed by atoms with Gasteiger partial charge in [0.2, 0.25) is 6.79 Å². The fourth-order valence-electron chi connectivity index (χ4n) is 3.42. The molecule has 0 spiro atoms. The van der Waals surface area contributed by atoms with Gasteiger partial charge in [-0.15, -0.1) is 0 Å². The van der Waals surface area contributed by atoms with Crippen LogP contribution in [0.4, 0.5) is 13.2 Å².